The van der Waals surface area contributed by atoms with E-state index in [1.807, 2.05) is 25.1 Å². The predicted octanol–water partition coefficient (Wildman–Crippen LogP) is 3.93. The van der Waals surface area contributed by atoms with Gasteiger partial charge in [0.05, 0.1) is 0 Å². The van der Waals surface area contributed by atoms with Gasteiger partial charge in [0, 0.05) is 55.9 Å². The molecule has 0 N–H and O–H groups in total. The summed E-state index contributed by atoms with van der Waals surface area (Å²) in [5.74, 6) is -0.227. The number of likely N-dealkylation sites (N-methyl/N-ethyl adjacent to an activating group) is 1. The third kappa shape index (κ3) is 4.32. The molecule has 0 saturated heterocycles. The molecule has 3 aromatic rings. The highest BCUT2D eigenvalue weighted by Gasteiger charge is 2.35. The second-order valence-corrected chi connectivity index (χ2v) is 6.72. The van der Waals surface area contributed by atoms with Crippen LogP contribution in [0, 0.1) is 0 Å². The second-order valence-electron chi connectivity index (χ2n) is 6.72. The van der Waals surface area contributed by atoms with Gasteiger partial charge in [-0.1, -0.05) is 6.07 Å². The Morgan fingerprint density at radius 3 is 2.61 bits per heavy atom. The number of aryl methyl sites for hydroxylation is 1. The van der Waals surface area contributed by atoms with Crippen molar-refractivity contribution in [1.82, 2.24) is 19.4 Å². The third-order valence-corrected chi connectivity index (χ3v) is 4.78. The van der Waals surface area contributed by atoms with Crippen molar-refractivity contribution in [3.05, 3.63) is 60.2 Å². The maximum Gasteiger partial charge on any atom is 0.431 e. The first-order valence-electron chi connectivity index (χ1n) is 8.94. The number of halogens is 3. The molecule has 3 aromatic heterocycles. The maximum absolute atomic E-state index is 13.4. The lowest BCUT2D eigenvalue weighted by Gasteiger charge is -2.25. The first-order valence-corrected chi connectivity index (χ1v) is 8.94. The van der Waals surface area contributed by atoms with Gasteiger partial charge in [-0.3, -0.25) is 9.78 Å². The van der Waals surface area contributed by atoms with Crippen LogP contribution >= 0.6 is 0 Å². The fourth-order valence-corrected chi connectivity index (χ4v) is 3.14. The van der Waals surface area contributed by atoms with E-state index in [4.69, 9.17) is 0 Å². The Labute approximate surface area is 160 Å². The summed E-state index contributed by atoms with van der Waals surface area (Å²) in [6, 6.07) is 9.68. The van der Waals surface area contributed by atoms with Gasteiger partial charge >= 0.3 is 6.18 Å². The molecule has 0 aliphatic carbocycles. The number of hydrogen-bond acceptors (Lipinski definition) is 3. The van der Waals surface area contributed by atoms with Crippen molar-refractivity contribution in [3.63, 3.8) is 0 Å². The lowest BCUT2D eigenvalue weighted by Crippen LogP contribution is -2.37. The third-order valence-electron chi connectivity index (χ3n) is 4.78. The van der Waals surface area contributed by atoms with Crippen LogP contribution in [0.2, 0.25) is 0 Å². The van der Waals surface area contributed by atoms with Crippen molar-refractivity contribution in [3.8, 4) is 0 Å². The van der Waals surface area contributed by atoms with Gasteiger partial charge in [0.25, 0.3) is 0 Å². The first kappa shape index (κ1) is 19.9. The Morgan fingerprint density at radius 1 is 1.18 bits per heavy atom. The summed E-state index contributed by atoms with van der Waals surface area (Å²) in [6.07, 6.45) is -0.853. The van der Waals surface area contributed by atoms with E-state index in [1.165, 1.54) is 6.20 Å². The lowest BCUT2D eigenvalue weighted by atomic mass is 10.1. The predicted molar refractivity (Wildman–Crippen MR) is 99.5 cm³/mol. The Hall–Kier alpha value is -2.90. The van der Waals surface area contributed by atoms with Crippen LogP contribution in [0.25, 0.3) is 11.0 Å². The monoisotopic (exact) mass is 390 g/mol. The van der Waals surface area contributed by atoms with Gasteiger partial charge in [0.2, 0.25) is 5.91 Å². The first-order chi connectivity index (χ1) is 13.3. The molecule has 0 saturated carbocycles. The fraction of sp³-hybridized carbons (Fsp3) is 0.350. The number of rotatable bonds is 6. The van der Waals surface area contributed by atoms with Crippen molar-refractivity contribution in [1.29, 1.82) is 0 Å². The molecule has 5 nitrogen and oxygen atoms in total. The molecule has 0 aromatic carbocycles. The van der Waals surface area contributed by atoms with Gasteiger partial charge in [0.15, 0.2) is 0 Å². The van der Waals surface area contributed by atoms with Gasteiger partial charge in [-0.05, 0) is 37.3 Å². The number of pyridine rings is 2. The second kappa shape index (κ2) is 8.00. The Morgan fingerprint density at radius 2 is 1.93 bits per heavy atom. The lowest BCUT2D eigenvalue weighted by molar-refractivity contribution is -0.144. The number of carbonyl (C=O) groups excluding carboxylic acids is 1. The van der Waals surface area contributed by atoms with Crippen LogP contribution in [-0.4, -0.2) is 38.4 Å². The van der Waals surface area contributed by atoms with Crippen molar-refractivity contribution >= 4 is 16.9 Å². The van der Waals surface area contributed by atoms with Gasteiger partial charge in [0.1, 0.15) is 11.3 Å². The summed E-state index contributed by atoms with van der Waals surface area (Å²) in [5, 5.41) is 0.402. The molecular weight excluding hydrogens is 369 g/mol. The summed E-state index contributed by atoms with van der Waals surface area (Å²) in [5.41, 5.74) is 0.291. The van der Waals surface area contributed by atoms with Crippen molar-refractivity contribution < 1.29 is 18.0 Å². The maximum atomic E-state index is 13.4. The summed E-state index contributed by atoms with van der Waals surface area (Å²) >= 11 is 0. The number of fused-ring (bicyclic) bond motifs is 1. The quantitative estimate of drug-likeness (QED) is 0.641. The molecule has 8 heteroatoms. The van der Waals surface area contributed by atoms with Crippen molar-refractivity contribution in [2.45, 2.75) is 38.5 Å². The van der Waals surface area contributed by atoms with Crippen LogP contribution in [0.15, 0.2) is 48.8 Å². The minimum atomic E-state index is -4.51. The van der Waals surface area contributed by atoms with Gasteiger partial charge in [-0.2, -0.15) is 13.2 Å². The number of alkyl halides is 3. The molecule has 1 atom stereocenters. The molecular formula is C20H21F3N4O. The average Bonchev–Trinajstić information content (AvgIpc) is 3.05. The molecule has 3 rings (SSSR count). The molecule has 148 valence electrons. The summed E-state index contributed by atoms with van der Waals surface area (Å²) in [7, 11) is 1.66. The summed E-state index contributed by atoms with van der Waals surface area (Å²) in [4.78, 5) is 22.4. The van der Waals surface area contributed by atoms with Crippen LogP contribution in [0.4, 0.5) is 13.2 Å². The zero-order valence-corrected chi connectivity index (χ0v) is 15.6. The highest BCUT2D eigenvalue weighted by Crippen LogP contribution is 2.33. The van der Waals surface area contributed by atoms with E-state index in [0.29, 0.717) is 11.8 Å². The number of hydrogen-bond donors (Lipinski definition) is 0. The fourth-order valence-electron chi connectivity index (χ4n) is 3.14. The van der Waals surface area contributed by atoms with Gasteiger partial charge in [-0.15, -0.1) is 0 Å². The molecule has 0 fully saturated rings. The van der Waals surface area contributed by atoms with E-state index >= 15 is 0 Å². The van der Waals surface area contributed by atoms with E-state index in [0.717, 1.165) is 16.3 Å². The molecule has 0 aliphatic heterocycles. The number of amides is 1. The average molecular weight is 390 g/mol. The zero-order valence-electron chi connectivity index (χ0n) is 15.6. The normalized spacial score (nSPS) is 12.9. The smallest absolute Gasteiger partial charge is 0.343 e. The molecule has 3 heterocycles. The molecule has 1 unspecified atom stereocenters. The molecule has 0 radical (unpaired) electrons. The van der Waals surface area contributed by atoms with Crippen LogP contribution < -0.4 is 0 Å². The highest BCUT2D eigenvalue weighted by atomic mass is 19.4. The van der Waals surface area contributed by atoms with Crippen molar-refractivity contribution in [2.75, 3.05) is 7.05 Å². The minimum Gasteiger partial charge on any atom is -0.343 e. The Balaban J connectivity index is 1.72. The van der Waals surface area contributed by atoms with E-state index < -0.39 is 11.9 Å². The topological polar surface area (TPSA) is 51.0 Å². The largest absolute Gasteiger partial charge is 0.431 e. The number of nitrogens with zero attached hydrogens (tertiary/aromatic N) is 4. The van der Waals surface area contributed by atoms with Crippen LogP contribution in [0.5, 0.6) is 0 Å². The van der Waals surface area contributed by atoms with E-state index in [9.17, 15) is 18.0 Å². The Kier molecular flexibility index (Phi) is 5.67. The highest BCUT2D eigenvalue weighted by molar-refractivity contribution is 5.79. The standard InChI is InChI=1S/C20H21F3N4O/c1-14(12-16-7-3-4-9-24-16)26(2)18(28)8-11-27-17(20(21,22)23)13-15-6-5-10-25-19(15)27/h3-7,9-10,13-14H,8,11-12H2,1-2H3. The van der Waals surface area contributed by atoms with Crippen LogP contribution in [0.1, 0.15) is 24.7 Å². The summed E-state index contributed by atoms with van der Waals surface area (Å²) in [6.45, 7) is 1.80. The Bertz CT molecular complexity index is 953. The number of aromatic nitrogens is 3. The molecule has 0 spiro atoms. The van der Waals surface area contributed by atoms with Crippen LogP contribution in [-0.2, 0) is 23.9 Å². The molecule has 0 bridgehead atoms. The summed E-state index contributed by atoms with van der Waals surface area (Å²) < 4.78 is 41.2. The van der Waals surface area contributed by atoms with E-state index in [-0.39, 0.29) is 30.6 Å². The number of carbonyl (C=O) groups is 1. The van der Waals surface area contributed by atoms with E-state index in [2.05, 4.69) is 9.97 Å². The van der Waals surface area contributed by atoms with Gasteiger partial charge in [-0.25, -0.2) is 4.98 Å². The minimum absolute atomic E-state index is 0.0491. The van der Waals surface area contributed by atoms with Gasteiger partial charge < -0.3 is 9.47 Å². The van der Waals surface area contributed by atoms with Crippen molar-refractivity contribution in [2.24, 2.45) is 0 Å². The zero-order chi connectivity index (χ0) is 20.3. The molecule has 1 amide bonds. The molecule has 0 aliphatic rings. The van der Waals surface area contributed by atoms with Crippen LogP contribution in [0.3, 0.4) is 0 Å². The molecule has 28 heavy (non-hydrogen) atoms. The SMILES string of the molecule is CC(Cc1ccccn1)N(C)C(=O)CCn1c(C(F)(F)F)cc2cccnc21. The van der Waals surface area contributed by atoms with E-state index in [1.54, 1.807) is 30.3 Å².